The highest BCUT2D eigenvalue weighted by Gasteiger charge is 2.15. The zero-order valence-electron chi connectivity index (χ0n) is 14.0. The number of thiophene rings is 1. The van der Waals surface area contributed by atoms with Crippen molar-refractivity contribution in [2.75, 3.05) is 20.6 Å². The van der Waals surface area contributed by atoms with Crippen molar-refractivity contribution in [3.8, 4) is 0 Å². The molecule has 6 nitrogen and oxygen atoms in total. The Kier molecular flexibility index (Phi) is 5.68. The van der Waals surface area contributed by atoms with Crippen molar-refractivity contribution in [3.63, 3.8) is 0 Å². The highest BCUT2D eigenvalue weighted by atomic mass is 32.1. The van der Waals surface area contributed by atoms with E-state index in [-0.39, 0.29) is 0 Å². The molecule has 2 aromatic heterocycles. The lowest BCUT2D eigenvalue weighted by molar-refractivity contribution is 0.291. The maximum atomic E-state index is 4.15. The van der Waals surface area contributed by atoms with Gasteiger partial charge in [-0.05, 0) is 41.5 Å². The van der Waals surface area contributed by atoms with Gasteiger partial charge < -0.3 is 10.2 Å². The fraction of sp³-hybridized carbons (Fsp3) is 0.353. The molecule has 24 heavy (non-hydrogen) atoms. The first kappa shape index (κ1) is 16.8. The molecule has 0 spiro atoms. The lowest BCUT2D eigenvalue weighted by Gasteiger charge is -2.23. The Morgan fingerprint density at radius 2 is 2.00 bits per heavy atom. The van der Waals surface area contributed by atoms with Crippen LogP contribution in [0.3, 0.4) is 0 Å². The minimum absolute atomic E-state index is 0.350. The van der Waals surface area contributed by atoms with E-state index >= 15 is 0 Å². The summed E-state index contributed by atoms with van der Waals surface area (Å²) in [4.78, 5) is 3.59. The Labute approximate surface area is 146 Å². The largest absolute Gasteiger partial charge is 0.308 e. The SMILES string of the molecule is CN(C)C(CNCc1nnnn1Cc1ccccc1)c1cccs1. The van der Waals surface area contributed by atoms with Crippen molar-refractivity contribution >= 4 is 11.3 Å². The molecular formula is C17H22N6S. The lowest BCUT2D eigenvalue weighted by atomic mass is 10.2. The number of aromatic nitrogens is 4. The molecule has 0 saturated heterocycles. The number of benzene rings is 1. The first-order valence-electron chi connectivity index (χ1n) is 7.93. The summed E-state index contributed by atoms with van der Waals surface area (Å²) in [7, 11) is 4.21. The van der Waals surface area contributed by atoms with Crippen molar-refractivity contribution < 1.29 is 0 Å². The quantitative estimate of drug-likeness (QED) is 0.680. The van der Waals surface area contributed by atoms with Gasteiger partial charge in [-0.3, -0.25) is 0 Å². The molecule has 1 unspecified atom stereocenters. The van der Waals surface area contributed by atoms with E-state index < -0.39 is 0 Å². The van der Waals surface area contributed by atoms with E-state index in [1.807, 2.05) is 22.9 Å². The number of nitrogens with zero attached hydrogens (tertiary/aromatic N) is 5. The number of nitrogens with one attached hydrogen (secondary N) is 1. The first-order chi connectivity index (χ1) is 11.7. The molecule has 0 aliphatic carbocycles. The molecule has 1 atom stereocenters. The predicted octanol–water partition coefficient (Wildman–Crippen LogP) is 2.18. The van der Waals surface area contributed by atoms with Crippen molar-refractivity contribution in [2.45, 2.75) is 19.1 Å². The summed E-state index contributed by atoms with van der Waals surface area (Å²) in [5, 5.41) is 17.7. The van der Waals surface area contributed by atoms with E-state index in [4.69, 9.17) is 0 Å². The van der Waals surface area contributed by atoms with Crippen molar-refractivity contribution in [1.29, 1.82) is 0 Å². The topological polar surface area (TPSA) is 58.9 Å². The predicted molar refractivity (Wildman–Crippen MR) is 95.8 cm³/mol. The van der Waals surface area contributed by atoms with Gasteiger partial charge in [0.2, 0.25) is 0 Å². The molecule has 0 bridgehead atoms. The average Bonchev–Trinajstić information content (AvgIpc) is 3.24. The van der Waals surface area contributed by atoms with Gasteiger partial charge in [0.1, 0.15) is 0 Å². The molecule has 0 saturated carbocycles. The molecule has 1 N–H and O–H groups in total. The van der Waals surface area contributed by atoms with Crippen molar-refractivity contribution in [2.24, 2.45) is 0 Å². The summed E-state index contributed by atoms with van der Waals surface area (Å²) in [6, 6.07) is 14.9. The van der Waals surface area contributed by atoms with Gasteiger partial charge in [-0.25, -0.2) is 4.68 Å². The van der Waals surface area contributed by atoms with Gasteiger partial charge in [0.15, 0.2) is 5.82 Å². The molecule has 3 aromatic rings. The summed E-state index contributed by atoms with van der Waals surface area (Å²) < 4.78 is 1.85. The minimum atomic E-state index is 0.350. The van der Waals surface area contributed by atoms with E-state index in [1.54, 1.807) is 11.3 Å². The van der Waals surface area contributed by atoms with Gasteiger partial charge in [-0.1, -0.05) is 36.4 Å². The van der Waals surface area contributed by atoms with Gasteiger partial charge >= 0.3 is 0 Å². The molecule has 0 aliphatic rings. The molecule has 0 amide bonds. The number of hydrogen-bond donors (Lipinski definition) is 1. The molecular weight excluding hydrogens is 320 g/mol. The highest BCUT2D eigenvalue weighted by molar-refractivity contribution is 7.10. The summed E-state index contributed by atoms with van der Waals surface area (Å²) >= 11 is 1.79. The number of hydrogen-bond acceptors (Lipinski definition) is 6. The molecule has 2 heterocycles. The molecule has 0 radical (unpaired) electrons. The Hall–Kier alpha value is -2.09. The van der Waals surface area contributed by atoms with Gasteiger partial charge in [0, 0.05) is 11.4 Å². The average molecular weight is 342 g/mol. The van der Waals surface area contributed by atoms with Crippen LogP contribution in [0.15, 0.2) is 47.8 Å². The molecule has 0 fully saturated rings. The van der Waals surface area contributed by atoms with Gasteiger partial charge in [-0.15, -0.1) is 16.4 Å². The fourth-order valence-electron chi connectivity index (χ4n) is 2.57. The first-order valence-corrected chi connectivity index (χ1v) is 8.81. The van der Waals surface area contributed by atoms with Crippen LogP contribution >= 0.6 is 11.3 Å². The Morgan fingerprint density at radius 1 is 1.17 bits per heavy atom. The Bertz CT molecular complexity index is 723. The molecule has 1 aromatic carbocycles. The summed E-state index contributed by atoms with van der Waals surface area (Å²) in [5.41, 5.74) is 1.19. The maximum absolute atomic E-state index is 4.15. The van der Waals surface area contributed by atoms with Gasteiger partial charge in [0.05, 0.1) is 19.1 Å². The van der Waals surface area contributed by atoms with Gasteiger partial charge in [-0.2, -0.15) is 0 Å². The van der Waals surface area contributed by atoms with E-state index in [0.717, 1.165) is 12.4 Å². The molecule has 0 aliphatic heterocycles. The van der Waals surface area contributed by atoms with Crippen LogP contribution in [-0.2, 0) is 13.1 Å². The van der Waals surface area contributed by atoms with E-state index in [1.165, 1.54) is 10.4 Å². The number of tetrazole rings is 1. The molecule has 126 valence electrons. The van der Waals surface area contributed by atoms with Crippen LogP contribution in [0.1, 0.15) is 22.3 Å². The van der Waals surface area contributed by atoms with Crippen molar-refractivity contribution in [3.05, 3.63) is 64.1 Å². The number of likely N-dealkylation sites (N-methyl/N-ethyl adjacent to an activating group) is 1. The van der Waals surface area contributed by atoms with Crippen LogP contribution in [0.5, 0.6) is 0 Å². The fourth-order valence-corrected chi connectivity index (χ4v) is 3.49. The maximum Gasteiger partial charge on any atom is 0.165 e. The van der Waals surface area contributed by atoms with Crippen LogP contribution in [0, 0.1) is 0 Å². The third-order valence-corrected chi connectivity index (χ3v) is 4.87. The Morgan fingerprint density at radius 3 is 2.71 bits per heavy atom. The van der Waals surface area contributed by atoms with Crippen LogP contribution in [0.25, 0.3) is 0 Å². The second-order valence-corrected chi connectivity index (χ2v) is 6.84. The van der Waals surface area contributed by atoms with Gasteiger partial charge in [0.25, 0.3) is 0 Å². The summed E-state index contributed by atoms with van der Waals surface area (Å²) in [5.74, 6) is 0.850. The molecule has 3 rings (SSSR count). The van der Waals surface area contributed by atoms with E-state index in [0.29, 0.717) is 19.1 Å². The highest BCUT2D eigenvalue weighted by Crippen LogP contribution is 2.22. The molecule has 7 heteroatoms. The lowest BCUT2D eigenvalue weighted by Crippen LogP contribution is -2.31. The Balaban J connectivity index is 1.58. The second kappa shape index (κ2) is 8.14. The van der Waals surface area contributed by atoms with Crippen molar-refractivity contribution in [1.82, 2.24) is 30.4 Å². The summed E-state index contributed by atoms with van der Waals surface area (Å²) in [6.45, 7) is 2.19. The number of rotatable bonds is 8. The monoisotopic (exact) mass is 342 g/mol. The van der Waals surface area contributed by atoms with Crippen LogP contribution in [0.2, 0.25) is 0 Å². The van der Waals surface area contributed by atoms with Crippen LogP contribution in [0.4, 0.5) is 0 Å². The normalized spacial score (nSPS) is 12.6. The zero-order valence-corrected chi connectivity index (χ0v) is 14.8. The summed E-state index contributed by atoms with van der Waals surface area (Å²) in [6.07, 6.45) is 0. The third-order valence-electron chi connectivity index (χ3n) is 3.90. The van der Waals surface area contributed by atoms with E-state index in [9.17, 15) is 0 Å². The standard InChI is InChI=1S/C17H22N6S/c1-22(2)15(16-9-6-10-24-16)11-18-12-17-19-20-21-23(17)13-14-7-4-3-5-8-14/h3-10,15,18H,11-13H2,1-2H3. The van der Waals surface area contributed by atoms with Crippen LogP contribution in [-0.4, -0.2) is 45.7 Å². The minimum Gasteiger partial charge on any atom is -0.308 e. The van der Waals surface area contributed by atoms with E-state index in [2.05, 4.69) is 69.5 Å². The second-order valence-electron chi connectivity index (χ2n) is 5.86. The smallest absolute Gasteiger partial charge is 0.165 e. The zero-order chi connectivity index (χ0) is 16.8. The van der Waals surface area contributed by atoms with Crippen LogP contribution < -0.4 is 5.32 Å². The third kappa shape index (κ3) is 4.25.